The van der Waals surface area contributed by atoms with Gasteiger partial charge in [0, 0.05) is 22.0 Å². The highest BCUT2D eigenvalue weighted by Crippen LogP contribution is 2.41. The Kier molecular flexibility index (Phi) is 7.12. The molecule has 32 heavy (non-hydrogen) atoms. The summed E-state index contributed by atoms with van der Waals surface area (Å²) in [7, 11) is -3.13. The molecule has 0 spiro atoms. The number of unbranched alkanes of at least 4 members (excludes halogenated alkanes) is 1. The smallest absolute Gasteiger partial charge is 0.252 e. The third-order valence-corrected chi connectivity index (χ3v) is 9.03. The van der Waals surface area contributed by atoms with Gasteiger partial charge in [0.25, 0.3) is 5.91 Å². The molecule has 0 bridgehead atoms. The number of thioether (sulfide) groups is 1. The lowest BCUT2D eigenvalue weighted by atomic mass is 10.1. The summed E-state index contributed by atoms with van der Waals surface area (Å²) >= 11 is 7.55. The van der Waals surface area contributed by atoms with Gasteiger partial charge in [-0.25, -0.2) is 8.42 Å². The number of fused-ring (bicyclic) bond motifs is 1. The Balaban J connectivity index is 1.62. The highest BCUT2D eigenvalue weighted by atomic mass is 35.5. The maximum absolute atomic E-state index is 12.8. The molecule has 0 N–H and O–H groups in total. The Labute approximate surface area is 197 Å². The number of aliphatic imine (C=N–C) groups is 1. The van der Waals surface area contributed by atoms with Crippen molar-refractivity contribution in [2.45, 2.75) is 37.5 Å². The van der Waals surface area contributed by atoms with E-state index in [4.69, 9.17) is 16.3 Å². The molecule has 0 aromatic heterocycles. The minimum Gasteiger partial charge on any atom is -0.494 e. The monoisotopic (exact) mass is 492 g/mol. The zero-order valence-electron chi connectivity index (χ0n) is 17.7. The molecule has 0 saturated carbocycles. The molecule has 2 aliphatic rings. The number of nitrogens with zero attached hydrogens (tertiary/aromatic N) is 2. The second-order valence-electron chi connectivity index (χ2n) is 7.93. The molecule has 6 nitrogen and oxygen atoms in total. The van der Waals surface area contributed by atoms with Gasteiger partial charge in [0.15, 0.2) is 15.0 Å². The largest absolute Gasteiger partial charge is 0.494 e. The zero-order chi connectivity index (χ0) is 22.7. The molecule has 2 saturated heterocycles. The van der Waals surface area contributed by atoms with Crippen molar-refractivity contribution in [3.8, 4) is 5.75 Å². The molecule has 0 radical (unpaired) electrons. The summed E-state index contributed by atoms with van der Waals surface area (Å²) in [4.78, 5) is 19.0. The quantitative estimate of drug-likeness (QED) is 0.534. The highest BCUT2D eigenvalue weighted by molar-refractivity contribution is 8.16. The number of ether oxygens (including phenoxy) is 1. The van der Waals surface area contributed by atoms with Crippen molar-refractivity contribution in [3.63, 3.8) is 0 Å². The molecule has 0 unspecified atom stereocenters. The van der Waals surface area contributed by atoms with Crippen molar-refractivity contribution < 1.29 is 17.9 Å². The van der Waals surface area contributed by atoms with E-state index in [0.717, 1.165) is 18.5 Å². The maximum atomic E-state index is 12.8. The van der Waals surface area contributed by atoms with Crippen molar-refractivity contribution in [3.05, 3.63) is 59.1 Å². The molecule has 2 fully saturated rings. The normalized spacial score (nSPS) is 22.8. The van der Waals surface area contributed by atoms with E-state index in [1.54, 1.807) is 12.1 Å². The van der Waals surface area contributed by atoms with Gasteiger partial charge in [-0.1, -0.05) is 61.0 Å². The van der Waals surface area contributed by atoms with E-state index in [2.05, 4.69) is 11.9 Å². The lowest BCUT2D eigenvalue weighted by Crippen LogP contribution is -2.37. The van der Waals surface area contributed by atoms with Gasteiger partial charge in [-0.2, -0.15) is 4.99 Å². The van der Waals surface area contributed by atoms with E-state index in [0.29, 0.717) is 28.1 Å². The number of hydrogen-bond acceptors (Lipinski definition) is 5. The SMILES string of the molecule is CCCCOc1cccc(N2C(=NC(=O)Cc3ccccc3Cl)S[C@@H]3CS(=O)(=O)C[C@@H]32)c1. The third kappa shape index (κ3) is 5.30. The van der Waals surface area contributed by atoms with Crippen molar-refractivity contribution >= 4 is 50.0 Å². The highest BCUT2D eigenvalue weighted by Gasteiger charge is 2.49. The molecule has 9 heteroatoms. The van der Waals surface area contributed by atoms with Gasteiger partial charge in [-0.15, -0.1) is 0 Å². The van der Waals surface area contributed by atoms with E-state index >= 15 is 0 Å². The first-order chi connectivity index (χ1) is 15.4. The van der Waals surface area contributed by atoms with Crippen LogP contribution in [0.25, 0.3) is 0 Å². The summed E-state index contributed by atoms with van der Waals surface area (Å²) in [6.07, 6.45) is 2.08. The first-order valence-electron chi connectivity index (χ1n) is 10.6. The number of halogens is 1. The van der Waals surface area contributed by atoms with Crippen LogP contribution in [-0.2, 0) is 21.1 Å². The summed E-state index contributed by atoms with van der Waals surface area (Å²) < 4.78 is 30.4. The van der Waals surface area contributed by atoms with Crippen LogP contribution in [-0.4, -0.2) is 48.9 Å². The molecule has 170 valence electrons. The van der Waals surface area contributed by atoms with Crippen LogP contribution in [0.3, 0.4) is 0 Å². The van der Waals surface area contributed by atoms with E-state index < -0.39 is 9.84 Å². The summed E-state index contributed by atoms with van der Waals surface area (Å²) in [6, 6.07) is 14.5. The molecule has 0 aliphatic carbocycles. The summed E-state index contributed by atoms with van der Waals surface area (Å²) in [5.41, 5.74) is 1.49. The number of amidine groups is 1. The molecular formula is C23H25ClN2O4S2. The van der Waals surface area contributed by atoms with E-state index in [1.165, 1.54) is 11.8 Å². The predicted molar refractivity (Wildman–Crippen MR) is 131 cm³/mol. The van der Waals surface area contributed by atoms with Gasteiger partial charge in [-0.3, -0.25) is 4.79 Å². The molecular weight excluding hydrogens is 468 g/mol. The summed E-state index contributed by atoms with van der Waals surface area (Å²) in [5, 5.41) is 0.895. The van der Waals surface area contributed by atoms with Crippen LogP contribution in [0.15, 0.2) is 53.5 Å². The summed E-state index contributed by atoms with van der Waals surface area (Å²) in [6.45, 7) is 2.72. The molecule has 2 aromatic carbocycles. The summed E-state index contributed by atoms with van der Waals surface area (Å²) in [5.74, 6) is 0.530. The second kappa shape index (κ2) is 9.85. The second-order valence-corrected chi connectivity index (χ2v) is 11.7. The molecule has 2 atom stereocenters. The maximum Gasteiger partial charge on any atom is 0.252 e. The fourth-order valence-electron chi connectivity index (χ4n) is 3.87. The lowest BCUT2D eigenvalue weighted by Gasteiger charge is -2.25. The van der Waals surface area contributed by atoms with Crippen LogP contribution in [0.2, 0.25) is 5.02 Å². The third-order valence-electron chi connectivity index (χ3n) is 5.45. The first-order valence-corrected chi connectivity index (χ1v) is 13.7. The Bertz CT molecular complexity index is 1140. The molecule has 4 rings (SSSR count). The number of hydrogen-bond donors (Lipinski definition) is 0. The Hall–Kier alpha value is -2.03. The van der Waals surface area contributed by atoms with Crippen LogP contribution >= 0.6 is 23.4 Å². The molecule has 2 heterocycles. The Morgan fingerprint density at radius 1 is 1.22 bits per heavy atom. The zero-order valence-corrected chi connectivity index (χ0v) is 20.1. The van der Waals surface area contributed by atoms with Crippen LogP contribution < -0.4 is 9.64 Å². The molecule has 1 amide bonds. The van der Waals surface area contributed by atoms with Crippen molar-refractivity contribution in [2.24, 2.45) is 4.99 Å². The van der Waals surface area contributed by atoms with Crippen LogP contribution in [0.1, 0.15) is 25.3 Å². The fourth-order valence-corrected chi connectivity index (χ4v) is 8.01. The minimum absolute atomic E-state index is 0.0450. The van der Waals surface area contributed by atoms with Crippen LogP contribution in [0.5, 0.6) is 5.75 Å². The number of carbonyl (C=O) groups excluding carboxylic acids is 1. The van der Waals surface area contributed by atoms with Crippen molar-refractivity contribution in [2.75, 3.05) is 23.0 Å². The Morgan fingerprint density at radius 3 is 2.81 bits per heavy atom. The predicted octanol–water partition coefficient (Wildman–Crippen LogP) is 4.36. The van der Waals surface area contributed by atoms with Gasteiger partial charge in [0.1, 0.15) is 5.75 Å². The number of amides is 1. The topological polar surface area (TPSA) is 76.0 Å². The Morgan fingerprint density at radius 2 is 2.03 bits per heavy atom. The van der Waals surface area contributed by atoms with Gasteiger partial charge < -0.3 is 9.64 Å². The van der Waals surface area contributed by atoms with Gasteiger partial charge in [0.2, 0.25) is 0 Å². The van der Waals surface area contributed by atoms with Crippen LogP contribution in [0, 0.1) is 0 Å². The van der Waals surface area contributed by atoms with Gasteiger partial charge in [-0.05, 0) is 30.2 Å². The van der Waals surface area contributed by atoms with Crippen LogP contribution in [0.4, 0.5) is 5.69 Å². The molecule has 2 aromatic rings. The number of anilines is 1. The van der Waals surface area contributed by atoms with E-state index in [1.807, 2.05) is 41.3 Å². The van der Waals surface area contributed by atoms with Crippen molar-refractivity contribution in [1.29, 1.82) is 0 Å². The number of carbonyl (C=O) groups is 1. The number of rotatable bonds is 7. The van der Waals surface area contributed by atoms with E-state index in [9.17, 15) is 13.2 Å². The standard InChI is InChI=1S/C23H25ClN2O4S2/c1-2-3-11-30-18-9-6-8-17(13-18)26-20-14-32(28,29)15-21(20)31-23(26)25-22(27)12-16-7-4-5-10-19(16)24/h4-10,13,20-21H,2-3,11-12,14-15H2,1H3/t20-,21+/m0/s1. The number of benzene rings is 2. The van der Waals surface area contributed by atoms with Gasteiger partial charge in [0.05, 0.1) is 30.6 Å². The minimum atomic E-state index is -3.13. The van der Waals surface area contributed by atoms with Gasteiger partial charge >= 0.3 is 0 Å². The molecule has 2 aliphatic heterocycles. The lowest BCUT2D eigenvalue weighted by molar-refractivity contribution is -0.117. The number of sulfone groups is 1. The average Bonchev–Trinajstić information content (AvgIpc) is 3.20. The average molecular weight is 493 g/mol. The fraction of sp³-hybridized carbons (Fsp3) is 0.391. The van der Waals surface area contributed by atoms with Crippen molar-refractivity contribution in [1.82, 2.24) is 0 Å². The van der Waals surface area contributed by atoms with E-state index in [-0.39, 0.29) is 35.1 Å². The first kappa shape index (κ1) is 23.1.